The number of nitrogens with zero attached hydrogens (tertiary/aromatic N) is 4. The van der Waals surface area contributed by atoms with E-state index >= 15 is 0 Å². The van der Waals surface area contributed by atoms with E-state index in [2.05, 4.69) is 23.8 Å². The fraction of sp³-hybridized carbons (Fsp3) is 0.474. The van der Waals surface area contributed by atoms with Crippen LogP contribution < -0.4 is 11.3 Å². The summed E-state index contributed by atoms with van der Waals surface area (Å²) >= 11 is 0. The first-order valence-electron chi connectivity index (χ1n) is 8.96. The van der Waals surface area contributed by atoms with Crippen molar-refractivity contribution < 1.29 is 4.79 Å². The number of carbonyl (C=O) groups excluding carboxylic acids is 1. The lowest BCUT2D eigenvalue weighted by Crippen LogP contribution is -2.40. The molecule has 7 nitrogen and oxygen atoms in total. The summed E-state index contributed by atoms with van der Waals surface area (Å²) in [5.74, 6) is 0.512. The summed E-state index contributed by atoms with van der Waals surface area (Å²) < 4.78 is 1.64. The van der Waals surface area contributed by atoms with Gasteiger partial charge < -0.3 is 15.2 Å². The van der Waals surface area contributed by atoms with E-state index in [0.717, 1.165) is 17.7 Å². The number of amides is 1. The Morgan fingerprint density at radius 1 is 1.38 bits per heavy atom. The van der Waals surface area contributed by atoms with Crippen molar-refractivity contribution in [2.24, 2.45) is 5.92 Å². The number of hydrogen-bond acceptors (Lipinski definition) is 5. The van der Waals surface area contributed by atoms with E-state index in [-0.39, 0.29) is 23.0 Å². The third kappa shape index (κ3) is 3.61. The summed E-state index contributed by atoms with van der Waals surface area (Å²) in [4.78, 5) is 35.8. The van der Waals surface area contributed by atoms with Gasteiger partial charge in [-0.25, -0.2) is 9.97 Å². The van der Waals surface area contributed by atoms with Crippen molar-refractivity contribution in [2.75, 3.05) is 12.3 Å². The van der Waals surface area contributed by atoms with Gasteiger partial charge in [0.05, 0.1) is 5.69 Å². The molecule has 2 aromatic heterocycles. The molecule has 2 aromatic rings. The van der Waals surface area contributed by atoms with Gasteiger partial charge in [-0.1, -0.05) is 13.8 Å². The highest BCUT2D eigenvalue weighted by atomic mass is 16.2. The van der Waals surface area contributed by atoms with Gasteiger partial charge in [-0.05, 0) is 30.9 Å². The largest absolute Gasteiger partial charge is 0.368 e. The monoisotopic (exact) mass is 355 g/mol. The number of aryl methyl sites for hydroxylation is 2. The van der Waals surface area contributed by atoms with Crippen molar-refractivity contribution >= 4 is 11.9 Å². The molecule has 1 aliphatic rings. The molecule has 7 heteroatoms. The Kier molecular flexibility index (Phi) is 5.06. The Balaban J connectivity index is 1.87. The molecule has 3 rings (SSSR count). The van der Waals surface area contributed by atoms with Crippen molar-refractivity contribution in [3.8, 4) is 0 Å². The standard InChI is InChI=1S/C19H25N5O2/c1-12(2)4-7-23-8-5-13(3)16(17(23)25)18(26)24-9-6-15-14(11-24)10-21-19(20)22-15/h5,8,10,12H,4,6-7,9,11H2,1-3H3,(H2,20,21,22). The van der Waals surface area contributed by atoms with Crippen molar-refractivity contribution in [1.29, 1.82) is 0 Å². The van der Waals surface area contributed by atoms with Crippen LogP contribution in [0.4, 0.5) is 5.95 Å². The molecule has 1 amide bonds. The lowest BCUT2D eigenvalue weighted by atomic mass is 10.0. The maximum absolute atomic E-state index is 13.1. The summed E-state index contributed by atoms with van der Waals surface area (Å²) in [6.45, 7) is 7.57. The summed E-state index contributed by atoms with van der Waals surface area (Å²) in [6.07, 6.45) is 4.95. The van der Waals surface area contributed by atoms with Gasteiger partial charge in [-0.15, -0.1) is 0 Å². The maximum atomic E-state index is 13.1. The molecule has 0 saturated heterocycles. The highest BCUT2D eigenvalue weighted by Crippen LogP contribution is 2.19. The normalized spacial score (nSPS) is 13.8. The number of hydrogen-bond donors (Lipinski definition) is 1. The van der Waals surface area contributed by atoms with E-state index in [9.17, 15) is 9.59 Å². The van der Waals surface area contributed by atoms with E-state index in [1.165, 1.54) is 0 Å². The Bertz CT molecular complexity index is 888. The van der Waals surface area contributed by atoms with Crippen molar-refractivity contribution in [3.63, 3.8) is 0 Å². The molecule has 0 saturated carbocycles. The third-order valence-corrected chi connectivity index (χ3v) is 4.77. The fourth-order valence-corrected chi connectivity index (χ4v) is 3.16. The predicted molar refractivity (Wildman–Crippen MR) is 99.8 cm³/mol. The molecule has 0 spiro atoms. The van der Waals surface area contributed by atoms with Crippen LogP contribution in [0.2, 0.25) is 0 Å². The number of nitrogen functional groups attached to an aromatic ring is 1. The van der Waals surface area contributed by atoms with Gasteiger partial charge in [0.2, 0.25) is 5.95 Å². The first kappa shape index (κ1) is 18.1. The molecule has 0 bridgehead atoms. The molecule has 0 aliphatic carbocycles. The van der Waals surface area contributed by atoms with Gasteiger partial charge in [0, 0.05) is 44.0 Å². The van der Waals surface area contributed by atoms with Crippen molar-refractivity contribution in [2.45, 2.75) is 46.7 Å². The molecule has 2 N–H and O–H groups in total. The maximum Gasteiger partial charge on any atom is 0.263 e. The zero-order valence-corrected chi connectivity index (χ0v) is 15.5. The van der Waals surface area contributed by atoms with Crippen molar-refractivity contribution in [1.82, 2.24) is 19.4 Å². The van der Waals surface area contributed by atoms with Crippen LogP contribution >= 0.6 is 0 Å². The fourth-order valence-electron chi connectivity index (χ4n) is 3.16. The van der Waals surface area contributed by atoms with Crippen molar-refractivity contribution in [3.05, 3.63) is 51.2 Å². The van der Waals surface area contributed by atoms with Gasteiger partial charge in [0.15, 0.2) is 0 Å². The highest BCUT2D eigenvalue weighted by molar-refractivity contribution is 5.95. The lowest BCUT2D eigenvalue weighted by molar-refractivity contribution is 0.0730. The summed E-state index contributed by atoms with van der Waals surface area (Å²) in [5.41, 5.74) is 8.14. The van der Waals surface area contributed by atoms with Crippen LogP contribution in [0.1, 0.15) is 47.4 Å². The predicted octanol–water partition coefficient (Wildman–Crippen LogP) is 1.77. The van der Waals surface area contributed by atoms with E-state index < -0.39 is 0 Å². The van der Waals surface area contributed by atoms with Gasteiger partial charge in [0.25, 0.3) is 11.5 Å². The molecule has 0 atom stereocenters. The quantitative estimate of drug-likeness (QED) is 0.902. The number of carbonyl (C=O) groups is 1. The number of rotatable bonds is 4. The minimum Gasteiger partial charge on any atom is -0.368 e. The van der Waals surface area contributed by atoms with Crippen LogP contribution in [0.25, 0.3) is 0 Å². The van der Waals surface area contributed by atoms with E-state index in [1.807, 2.05) is 13.0 Å². The number of fused-ring (bicyclic) bond motifs is 1. The minimum atomic E-state index is -0.228. The SMILES string of the molecule is Cc1ccn(CCC(C)C)c(=O)c1C(=O)N1CCc2nc(N)ncc2C1. The topological polar surface area (TPSA) is 94.1 Å². The van der Waals surface area contributed by atoms with Gasteiger partial charge >= 0.3 is 0 Å². The molecular formula is C19H25N5O2. The Morgan fingerprint density at radius 2 is 2.15 bits per heavy atom. The summed E-state index contributed by atoms with van der Waals surface area (Å²) in [6, 6.07) is 1.84. The molecule has 0 aromatic carbocycles. The van der Waals surface area contributed by atoms with Gasteiger partial charge in [-0.3, -0.25) is 9.59 Å². The van der Waals surface area contributed by atoms with E-state index in [1.54, 1.807) is 21.9 Å². The van der Waals surface area contributed by atoms with E-state index in [0.29, 0.717) is 37.5 Å². The number of pyridine rings is 1. The second-order valence-electron chi connectivity index (χ2n) is 7.23. The lowest BCUT2D eigenvalue weighted by Gasteiger charge is -2.28. The second-order valence-corrected chi connectivity index (χ2v) is 7.23. The first-order chi connectivity index (χ1) is 12.4. The Hall–Kier alpha value is -2.70. The van der Waals surface area contributed by atoms with Gasteiger partial charge in [0.1, 0.15) is 5.56 Å². The molecule has 0 radical (unpaired) electrons. The average Bonchev–Trinajstić information content (AvgIpc) is 2.60. The third-order valence-electron chi connectivity index (χ3n) is 4.77. The van der Waals surface area contributed by atoms with Crippen LogP contribution in [0, 0.1) is 12.8 Å². The second kappa shape index (κ2) is 7.27. The van der Waals surface area contributed by atoms with Crippen LogP contribution in [0.15, 0.2) is 23.3 Å². The Labute approximate surface area is 152 Å². The minimum absolute atomic E-state index is 0.213. The van der Waals surface area contributed by atoms with Crippen LogP contribution in [0.5, 0.6) is 0 Å². The zero-order valence-electron chi connectivity index (χ0n) is 15.5. The zero-order chi connectivity index (χ0) is 18.8. The molecule has 0 fully saturated rings. The molecule has 1 aliphatic heterocycles. The van der Waals surface area contributed by atoms with Crippen LogP contribution in [0.3, 0.4) is 0 Å². The molecular weight excluding hydrogens is 330 g/mol. The average molecular weight is 355 g/mol. The Morgan fingerprint density at radius 3 is 2.88 bits per heavy atom. The highest BCUT2D eigenvalue weighted by Gasteiger charge is 2.26. The van der Waals surface area contributed by atoms with Crippen LogP contribution in [-0.4, -0.2) is 31.9 Å². The number of aromatic nitrogens is 3. The molecule has 138 valence electrons. The molecule has 0 unspecified atom stereocenters. The van der Waals surface area contributed by atoms with E-state index in [4.69, 9.17) is 5.73 Å². The summed E-state index contributed by atoms with van der Waals surface area (Å²) in [7, 11) is 0. The number of nitrogens with two attached hydrogens (primary N) is 1. The first-order valence-corrected chi connectivity index (χ1v) is 8.96. The summed E-state index contributed by atoms with van der Waals surface area (Å²) in [5, 5.41) is 0. The smallest absolute Gasteiger partial charge is 0.263 e. The molecule has 26 heavy (non-hydrogen) atoms. The van der Waals surface area contributed by atoms with Crippen LogP contribution in [-0.2, 0) is 19.5 Å². The van der Waals surface area contributed by atoms with Gasteiger partial charge in [-0.2, -0.15) is 0 Å². The number of anilines is 1. The molecule has 3 heterocycles.